The van der Waals surface area contributed by atoms with Gasteiger partial charge in [0.25, 0.3) is 0 Å². The third kappa shape index (κ3) is 4.05. The van der Waals surface area contributed by atoms with Gasteiger partial charge in [0.15, 0.2) is 0 Å². The molecule has 0 heterocycles. The Labute approximate surface area is 92.3 Å². The Kier molecular flexibility index (Phi) is 4.73. The molecule has 0 aliphatic rings. The van der Waals surface area contributed by atoms with Crippen molar-refractivity contribution in [1.82, 2.24) is 5.32 Å². The lowest BCUT2D eigenvalue weighted by Gasteiger charge is -2.12. The summed E-state index contributed by atoms with van der Waals surface area (Å²) in [6.45, 7) is 3.49. The molecule has 2 heteroatoms. The molecule has 0 radical (unpaired) electrons. The first-order valence-corrected chi connectivity index (χ1v) is 5.10. The maximum Gasteiger partial charge on any atom is 0.0578 e. The molecule has 0 bridgehead atoms. The summed E-state index contributed by atoms with van der Waals surface area (Å²) >= 11 is 0. The Morgan fingerprint density at radius 2 is 1.87 bits per heavy atom. The Bertz CT molecular complexity index is 341. The molecule has 0 unspecified atom stereocenters. The van der Waals surface area contributed by atoms with E-state index in [2.05, 4.69) is 46.3 Å². The second kappa shape index (κ2) is 6.10. The number of hydrogen-bond acceptors (Lipinski definition) is 2. The van der Waals surface area contributed by atoms with Crippen molar-refractivity contribution >= 4 is 5.69 Å². The average molecular weight is 202 g/mol. The van der Waals surface area contributed by atoms with E-state index in [9.17, 15) is 0 Å². The summed E-state index contributed by atoms with van der Waals surface area (Å²) in [6, 6.07) is 8.54. The first kappa shape index (κ1) is 11.6. The van der Waals surface area contributed by atoms with Crippen molar-refractivity contribution in [1.29, 1.82) is 0 Å². The van der Waals surface area contributed by atoms with E-state index >= 15 is 0 Å². The summed E-state index contributed by atoms with van der Waals surface area (Å²) in [5, 5.41) is 3.26. The maximum absolute atomic E-state index is 3.26. The number of anilines is 1. The van der Waals surface area contributed by atoms with Gasteiger partial charge >= 0.3 is 0 Å². The zero-order chi connectivity index (χ0) is 11.1. The van der Waals surface area contributed by atoms with E-state index in [0.29, 0.717) is 0 Å². The zero-order valence-corrected chi connectivity index (χ0v) is 9.67. The third-order valence-corrected chi connectivity index (χ3v) is 2.17. The van der Waals surface area contributed by atoms with E-state index in [0.717, 1.165) is 13.1 Å². The van der Waals surface area contributed by atoms with Gasteiger partial charge in [0.05, 0.1) is 6.54 Å². The molecule has 1 N–H and O–H groups in total. The average Bonchev–Trinajstić information content (AvgIpc) is 2.25. The van der Waals surface area contributed by atoms with Gasteiger partial charge in [-0.25, -0.2) is 0 Å². The first-order valence-electron chi connectivity index (χ1n) is 5.10. The molecular formula is C13H18N2. The van der Waals surface area contributed by atoms with Crippen molar-refractivity contribution in [3.05, 3.63) is 29.8 Å². The van der Waals surface area contributed by atoms with E-state index in [-0.39, 0.29) is 0 Å². The number of benzene rings is 1. The second-order valence-corrected chi connectivity index (χ2v) is 3.59. The highest BCUT2D eigenvalue weighted by atomic mass is 15.1. The lowest BCUT2D eigenvalue weighted by atomic mass is 10.2. The van der Waals surface area contributed by atoms with Gasteiger partial charge in [-0.1, -0.05) is 18.1 Å². The predicted octanol–water partition coefficient (Wildman–Crippen LogP) is 1.87. The normalized spacial score (nSPS) is 9.27. The molecule has 0 saturated heterocycles. The van der Waals surface area contributed by atoms with Gasteiger partial charge in [-0.05, 0) is 24.6 Å². The van der Waals surface area contributed by atoms with Crippen molar-refractivity contribution in [2.24, 2.45) is 0 Å². The van der Waals surface area contributed by atoms with Crippen LogP contribution in [0, 0.1) is 11.8 Å². The van der Waals surface area contributed by atoms with E-state index in [1.807, 2.05) is 21.0 Å². The molecular weight excluding hydrogens is 184 g/mol. The van der Waals surface area contributed by atoms with Crippen molar-refractivity contribution < 1.29 is 0 Å². The highest BCUT2D eigenvalue weighted by molar-refractivity contribution is 5.45. The molecule has 0 aliphatic carbocycles. The van der Waals surface area contributed by atoms with Crippen LogP contribution in [0.4, 0.5) is 5.69 Å². The first-order chi connectivity index (χ1) is 7.24. The van der Waals surface area contributed by atoms with E-state index in [4.69, 9.17) is 0 Å². The molecule has 0 spiro atoms. The topological polar surface area (TPSA) is 15.3 Å². The minimum atomic E-state index is 0.756. The second-order valence-electron chi connectivity index (χ2n) is 3.59. The molecule has 0 amide bonds. The van der Waals surface area contributed by atoms with Crippen molar-refractivity contribution in [2.75, 3.05) is 25.5 Å². The summed E-state index contributed by atoms with van der Waals surface area (Å²) in [6.07, 6.45) is 0. The van der Waals surface area contributed by atoms with Gasteiger partial charge in [0, 0.05) is 26.3 Å². The minimum absolute atomic E-state index is 0.756. The monoisotopic (exact) mass is 202 g/mol. The molecule has 0 atom stereocenters. The fourth-order valence-electron chi connectivity index (χ4n) is 1.27. The predicted molar refractivity (Wildman–Crippen MR) is 65.9 cm³/mol. The van der Waals surface area contributed by atoms with Gasteiger partial charge in [-0.2, -0.15) is 0 Å². The summed E-state index contributed by atoms with van der Waals surface area (Å²) in [4.78, 5) is 2.10. The summed E-state index contributed by atoms with van der Waals surface area (Å²) in [5.41, 5.74) is 2.52. The Hall–Kier alpha value is -1.46. The largest absolute Gasteiger partial charge is 0.378 e. The Morgan fingerprint density at radius 1 is 1.20 bits per heavy atom. The molecule has 1 aromatic rings. The van der Waals surface area contributed by atoms with Gasteiger partial charge in [0.1, 0.15) is 0 Å². The van der Waals surface area contributed by atoms with Gasteiger partial charge in [-0.3, -0.25) is 0 Å². The zero-order valence-electron chi connectivity index (χ0n) is 9.67. The van der Waals surface area contributed by atoms with E-state index in [1.165, 1.54) is 11.3 Å². The fourth-order valence-corrected chi connectivity index (χ4v) is 1.27. The molecule has 1 aromatic carbocycles. The molecule has 80 valence electrons. The van der Waals surface area contributed by atoms with Crippen LogP contribution in [0.25, 0.3) is 0 Å². The van der Waals surface area contributed by atoms with Crippen LogP contribution in [-0.4, -0.2) is 20.6 Å². The van der Waals surface area contributed by atoms with Gasteiger partial charge in [-0.15, -0.1) is 5.92 Å². The van der Waals surface area contributed by atoms with Crippen LogP contribution < -0.4 is 10.2 Å². The number of nitrogens with one attached hydrogen (secondary N) is 1. The highest BCUT2D eigenvalue weighted by Crippen LogP contribution is 2.11. The highest BCUT2D eigenvalue weighted by Gasteiger charge is 1.95. The summed E-state index contributed by atoms with van der Waals surface area (Å²) in [5.74, 6) is 5.84. The standard InChI is InChI=1S/C13H18N2/c1-4-5-10-14-11-12-6-8-13(9-7-12)15(2)3/h6-9,14H,10-11H2,1-3H3. The lowest BCUT2D eigenvalue weighted by molar-refractivity contribution is 0.770. The summed E-state index contributed by atoms with van der Waals surface area (Å²) in [7, 11) is 4.09. The van der Waals surface area contributed by atoms with Crippen LogP contribution in [0.1, 0.15) is 12.5 Å². The molecule has 0 aliphatic heterocycles. The maximum atomic E-state index is 3.26. The Morgan fingerprint density at radius 3 is 2.40 bits per heavy atom. The van der Waals surface area contributed by atoms with Crippen LogP contribution in [0.2, 0.25) is 0 Å². The van der Waals surface area contributed by atoms with Crippen LogP contribution in [0.15, 0.2) is 24.3 Å². The van der Waals surface area contributed by atoms with Crippen LogP contribution in [0.3, 0.4) is 0 Å². The molecule has 2 nitrogen and oxygen atoms in total. The molecule has 15 heavy (non-hydrogen) atoms. The van der Waals surface area contributed by atoms with Gasteiger partial charge < -0.3 is 10.2 Å². The van der Waals surface area contributed by atoms with Crippen molar-refractivity contribution in [3.63, 3.8) is 0 Å². The number of hydrogen-bond donors (Lipinski definition) is 1. The molecule has 0 fully saturated rings. The summed E-state index contributed by atoms with van der Waals surface area (Å²) < 4.78 is 0. The van der Waals surface area contributed by atoms with Gasteiger partial charge in [0.2, 0.25) is 0 Å². The SMILES string of the molecule is CC#CCNCc1ccc(N(C)C)cc1. The van der Waals surface area contributed by atoms with Crippen molar-refractivity contribution in [3.8, 4) is 11.8 Å². The molecule has 1 rings (SSSR count). The minimum Gasteiger partial charge on any atom is -0.378 e. The number of rotatable bonds is 4. The van der Waals surface area contributed by atoms with Crippen LogP contribution >= 0.6 is 0 Å². The van der Waals surface area contributed by atoms with Crippen LogP contribution in [0.5, 0.6) is 0 Å². The number of nitrogens with zero attached hydrogens (tertiary/aromatic N) is 1. The quantitative estimate of drug-likeness (QED) is 0.592. The van der Waals surface area contributed by atoms with Crippen molar-refractivity contribution in [2.45, 2.75) is 13.5 Å². The van der Waals surface area contributed by atoms with Crippen LogP contribution in [-0.2, 0) is 6.54 Å². The fraction of sp³-hybridized carbons (Fsp3) is 0.385. The smallest absolute Gasteiger partial charge is 0.0578 e. The molecule has 0 aromatic heterocycles. The van der Waals surface area contributed by atoms with E-state index in [1.54, 1.807) is 0 Å². The third-order valence-electron chi connectivity index (χ3n) is 2.17. The van der Waals surface area contributed by atoms with E-state index < -0.39 is 0 Å². The Balaban J connectivity index is 2.45. The molecule has 0 saturated carbocycles. The lowest BCUT2D eigenvalue weighted by Crippen LogP contribution is -2.13.